The van der Waals surface area contributed by atoms with Crippen LogP contribution in [-0.2, 0) is 6.18 Å². The summed E-state index contributed by atoms with van der Waals surface area (Å²) in [5.41, 5.74) is 0.379. The van der Waals surface area contributed by atoms with E-state index in [1.165, 1.54) is 6.07 Å². The number of aromatic nitrogens is 1. The monoisotopic (exact) mass is 408 g/mol. The van der Waals surface area contributed by atoms with Gasteiger partial charge in [-0.15, -0.1) is 0 Å². The molecule has 1 aromatic heterocycles. The number of rotatable bonds is 2. The van der Waals surface area contributed by atoms with Crippen molar-refractivity contribution >= 4 is 43.4 Å². The highest BCUT2D eigenvalue weighted by Gasteiger charge is 2.30. The van der Waals surface area contributed by atoms with E-state index in [0.717, 1.165) is 16.6 Å². The van der Waals surface area contributed by atoms with Crippen molar-refractivity contribution in [3.05, 3.63) is 50.5 Å². The number of nitrogens with zero attached hydrogens (tertiary/aromatic N) is 1. The highest BCUT2D eigenvalue weighted by Crippen LogP contribution is 2.34. The molecule has 0 spiro atoms. The van der Waals surface area contributed by atoms with Crippen LogP contribution in [-0.4, -0.2) is 4.98 Å². The maximum atomic E-state index is 12.7. The summed E-state index contributed by atoms with van der Waals surface area (Å²) in [7, 11) is 0. The van der Waals surface area contributed by atoms with Crippen molar-refractivity contribution in [3.8, 4) is 0 Å². The number of hydrogen-bond donors (Lipinski definition) is 1. The first-order valence-corrected chi connectivity index (χ1v) is 7.12. The van der Waals surface area contributed by atoms with Crippen LogP contribution in [0.2, 0.25) is 0 Å². The van der Waals surface area contributed by atoms with Crippen molar-refractivity contribution in [2.24, 2.45) is 0 Å². The fraction of sp³-hybridized carbons (Fsp3) is 0.154. The topological polar surface area (TPSA) is 24.9 Å². The molecule has 106 valence electrons. The smallest absolute Gasteiger partial charge is 0.339 e. The lowest BCUT2D eigenvalue weighted by Crippen LogP contribution is -2.06. The van der Waals surface area contributed by atoms with Crippen LogP contribution in [0.1, 0.15) is 11.1 Å². The van der Waals surface area contributed by atoms with Crippen molar-refractivity contribution in [2.45, 2.75) is 13.1 Å². The lowest BCUT2D eigenvalue weighted by atomic mass is 10.1. The number of nitrogens with one attached hydrogen (secondary N) is 1. The SMILES string of the molecule is Cc1ccc(C(F)(F)F)cc1Nc1ncc(Br)cc1Br. The summed E-state index contributed by atoms with van der Waals surface area (Å²) in [5.74, 6) is 0.454. The molecular formula is C13H9Br2F3N2. The van der Waals surface area contributed by atoms with Gasteiger partial charge in [0.15, 0.2) is 0 Å². The molecule has 0 radical (unpaired) electrons. The third-order valence-electron chi connectivity index (χ3n) is 2.63. The minimum absolute atomic E-state index is 0.371. The molecule has 2 rings (SSSR count). The molecule has 0 saturated carbocycles. The first-order chi connectivity index (χ1) is 9.27. The van der Waals surface area contributed by atoms with Gasteiger partial charge in [-0.1, -0.05) is 6.07 Å². The highest BCUT2D eigenvalue weighted by molar-refractivity contribution is 9.11. The van der Waals surface area contributed by atoms with Crippen molar-refractivity contribution in [1.29, 1.82) is 0 Å². The van der Waals surface area contributed by atoms with Crippen LogP contribution in [0.5, 0.6) is 0 Å². The summed E-state index contributed by atoms with van der Waals surface area (Å²) >= 11 is 6.57. The maximum Gasteiger partial charge on any atom is 0.416 e. The van der Waals surface area contributed by atoms with E-state index in [0.29, 0.717) is 21.5 Å². The fourth-order valence-corrected chi connectivity index (χ4v) is 2.65. The maximum absolute atomic E-state index is 12.7. The summed E-state index contributed by atoms with van der Waals surface area (Å²) in [6.45, 7) is 1.73. The molecule has 0 aliphatic heterocycles. The molecular weight excluding hydrogens is 401 g/mol. The highest BCUT2D eigenvalue weighted by atomic mass is 79.9. The molecule has 0 saturated heterocycles. The number of pyridine rings is 1. The molecule has 2 aromatic rings. The summed E-state index contributed by atoms with van der Waals surface area (Å²) in [5, 5.41) is 2.90. The van der Waals surface area contributed by atoms with E-state index in [4.69, 9.17) is 0 Å². The molecule has 1 aromatic carbocycles. The van der Waals surface area contributed by atoms with Crippen LogP contribution in [0, 0.1) is 6.92 Å². The third kappa shape index (κ3) is 3.52. The minimum Gasteiger partial charge on any atom is -0.339 e. The standard InChI is InChI=1S/C13H9Br2F3N2/c1-7-2-3-8(13(16,17)18)4-11(7)20-12-10(15)5-9(14)6-19-12/h2-6H,1H3,(H,19,20). The van der Waals surface area contributed by atoms with Crippen LogP contribution in [0.3, 0.4) is 0 Å². The van der Waals surface area contributed by atoms with E-state index < -0.39 is 11.7 Å². The zero-order valence-corrected chi connectivity index (χ0v) is 13.4. The lowest BCUT2D eigenvalue weighted by Gasteiger charge is -2.13. The van der Waals surface area contributed by atoms with Gasteiger partial charge in [0.2, 0.25) is 0 Å². The average molecular weight is 410 g/mol. The van der Waals surface area contributed by atoms with Gasteiger partial charge in [0.25, 0.3) is 0 Å². The Labute approximate surface area is 130 Å². The average Bonchev–Trinajstić information content (AvgIpc) is 2.33. The van der Waals surface area contributed by atoms with Crippen LogP contribution in [0.25, 0.3) is 0 Å². The molecule has 1 heterocycles. The van der Waals surface area contributed by atoms with Gasteiger partial charge in [-0.3, -0.25) is 0 Å². The van der Waals surface area contributed by atoms with Gasteiger partial charge in [0.05, 0.1) is 10.0 Å². The number of aryl methyl sites for hydroxylation is 1. The summed E-state index contributed by atoms with van der Waals surface area (Å²) < 4.78 is 39.6. The molecule has 20 heavy (non-hydrogen) atoms. The molecule has 7 heteroatoms. The van der Waals surface area contributed by atoms with Crippen LogP contribution in [0.4, 0.5) is 24.7 Å². The van der Waals surface area contributed by atoms with Crippen molar-refractivity contribution in [2.75, 3.05) is 5.32 Å². The lowest BCUT2D eigenvalue weighted by molar-refractivity contribution is -0.137. The Hall–Kier alpha value is -1.08. The molecule has 0 aliphatic carbocycles. The van der Waals surface area contributed by atoms with Crippen molar-refractivity contribution in [3.63, 3.8) is 0 Å². The Balaban J connectivity index is 2.38. The quantitative estimate of drug-likeness (QED) is 0.690. The number of alkyl halides is 3. The van der Waals surface area contributed by atoms with E-state index in [1.54, 1.807) is 19.2 Å². The van der Waals surface area contributed by atoms with Gasteiger partial charge in [-0.05, 0) is 62.5 Å². The molecule has 1 N–H and O–H groups in total. The van der Waals surface area contributed by atoms with Crippen LogP contribution in [0.15, 0.2) is 39.4 Å². The zero-order valence-electron chi connectivity index (χ0n) is 10.2. The second kappa shape index (κ2) is 5.73. The number of halogens is 5. The summed E-state index contributed by atoms with van der Waals surface area (Å²) in [6.07, 6.45) is -2.80. The molecule has 2 nitrogen and oxygen atoms in total. The Morgan fingerprint density at radius 1 is 1.15 bits per heavy atom. The normalized spacial score (nSPS) is 11.5. The Bertz CT molecular complexity index is 642. The van der Waals surface area contributed by atoms with Crippen LogP contribution < -0.4 is 5.32 Å². The third-order valence-corrected chi connectivity index (χ3v) is 3.66. The molecule has 0 fully saturated rings. The molecule has 0 unspecified atom stereocenters. The van der Waals surface area contributed by atoms with Gasteiger partial charge < -0.3 is 5.32 Å². The fourth-order valence-electron chi connectivity index (χ4n) is 1.57. The van der Waals surface area contributed by atoms with E-state index in [1.807, 2.05) is 0 Å². The van der Waals surface area contributed by atoms with Gasteiger partial charge in [0, 0.05) is 16.4 Å². The minimum atomic E-state index is -4.37. The summed E-state index contributed by atoms with van der Waals surface area (Å²) in [6, 6.07) is 5.33. The number of anilines is 2. The van der Waals surface area contributed by atoms with Crippen molar-refractivity contribution < 1.29 is 13.2 Å². The zero-order chi connectivity index (χ0) is 14.9. The van der Waals surface area contributed by atoms with E-state index in [-0.39, 0.29) is 0 Å². The first-order valence-electron chi connectivity index (χ1n) is 5.53. The Morgan fingerprint density at radius 2 is 1.85 bits per heavy atom. The van der Waals surface area contributed by atoms with Crippen molar-refractivity contribution in [1.82, 2.24) is 4.98 Å². The van der Waals surface area contributed by atoms with Gasteiger partial charge in [-0.25, -0.2) is 4.98 Å². The van der Waals surface area contributed by atoms with Gasteiger partial charge in [-0.2, -0.15) is 13.2 Å². The van der Waals surface area contributed by atoms with E-state index >= 15 is 0 Å². The van der Waals surface area contributed by atoms with E-state index in [9.17, 15) is 13.2 Å². The predicted molar refractivity (Wildman–Crippen MR) is 79.1 cm³/mol. The Morgan fingerprint density at radius 3 is 2.45 bits per heavy atom. The van der Waals surface area contributed by atoms with Gasteiger partial charge >= 0.3 is 6.18 Å². The second-order valence-corrected chi connectivity index (χ2v) is 5.91. The molecule has 0 amide bonds. The first kappa shape index (κ1) is 15.3. The van der Waals surface area contributed by atoms with Crippen LogP contribution >= 0.6 is 31.9 Å². The molecule has 0 atom stereocenters. The summed E-state index contributed by atoms with van der Waals surface area (Å²) in [4.78, 5) is 4.12. The van der Waals surface area contributed by atoms with Gasteiger partial charge in [0.1, 0.15) is 5.82 Å². The predicted octanol–water partition coefficient (Wildman–Crippen LogP) is 5.68. The number of benzene rings is 1. The number of hydrogen-bond acceptors (Lipinski definition) is 2. The molecule has 0 bridgehead atoms. The largest absolute Gasteiger partial charge is 0.416 e. The van der Waals surface area contributed by atoms with E-state index in [2.05, 4.69) is 42.2 Å². The second-order valence-electron chi connectivity index (χ2n) is 4.14. The Kier molecular flexibility index (Phi) is 4.39. The molecule has 0 aliphatic rings.